The Balaban J connectivity index is 3.13. The summed E-state index contributed by atoms with van der Waals surface area (Å²) in [6.07, 6.45) is 0. The third kappa shape index (κ3) is 1.82. The smallest absolute Gasteiger partial charge is 0.124 e. The molecular formula is C8H9ClOS. The minimum atomic E-state index is 0.600. The standard InChI is InChI=1S/C8H9ClOS/c1-10-8-4-2-3-7(9)6(8)5-11/h2-4,11H,5H2,1H3. The maximum Gasteiger partial charge on any atom is 0.124 e. The number of benzene rings is 1. The monoisotopic (exact) mass is 188 g/mol. The second kappa shape index (κ2) is 3.88. The van der Waals surface area contributed by atoms with E-state index in [-0.39, 0.29) is 0 Å². The van der Waals surface area contributed by atoms with E-state index in [1.54, 1.807) is 7.11 Å². The van der Waals surface area contributed by atoms with Crippen LogP contribution in [0.2, 0.25) is 5.02 Å². The molecule has 3 heteroatoms. The Labute approximate surface area is 76.7 Å². The van der Waals surface area contributed by atoms with E-state index in [1.165, 1.54) is 0 Å². The number of ether oxygens (including phenoxy) is 1. The zero-order valence-corrected chi connectivity index (χ0v) is 7.82. The summed E-state index contributed by atoms with van der Waals surface area (Å²) < 4.78 is 5.08. The minimum Gasteiger partial charge on any atom is -0.496 e. The van der Waals surface area contributed by atoms with Gasteiger partial charge >= 0.3 is 0 Å². The van der Waals surface area contributed by atoms with E-state index >= 15 is 0 Å². The first-order valence-corrected chi connectivity index (χ1v) is 4.23. The molecule has 0 spiro atoms. The van der Waals surface area contributed by atoms with Crippen molar-refractivity contribution >= 4 is 24.2 Å². The van der Waals surface area contributed by atoms with Crippen LogP contribution in [0.4, 0.5) is 0 Å². The zero-order valence-electron chi connectivity index (χ0n) is 6.17. The maximum absolute atomic E-state index is 5.88. The fourth-order valence-corrected chi connectivity index (χ4v) is 1.54. The highest BCUT2D eigenvalue weighted by Gasteiger charge is 2.03. The van der Waals surface area contributed by atoms with Gasteiger partial charge in [0.15, 0.2) is 0 Å². The Kier molecular flexibility index (Phi) is 3.09. The van der Waals surface area contributed by atoms with Crippen molar-refractivity contribution in [3.8, 4) is 5.75 Å². The summed E-state index contributed by atoms with van der Waals surface area (Å²) in [6.45, 7) is 0. The van der Waals surface area contributed by atoms with Crippen LogP contribution < -0.4 is 4.74 Å². The summed E-state index contributed by atoms with van der Waals surface area (Å²) in [5.74, 6) is 1.40. The summed E-state index contributed by atoms with van der Waals surface area (Å²) in [5.41, 5.74) is 0.944. The first-order valence-electron chi connectivity index (χ1n) is 3.22. The van der Waals surface area contributed by atoms with E-state index in [0.717, 1.165) is 11.3 Å². The van der Waals surface area contributed by atoms with Crippen LogP contribution in [0, 0.1) is 0 Å². The molecule has 0 aliphatic carbocycles. The molecule has 0 atom stereocenters. The van der Waals surface area contributed by atoms with Gasteiger partial charge in [-0.3, -0.25) is 0 Å². The average molecular weight is 189 g/mol. The van der Waals surface area contributed by atoms with E-state index in [1.807, 2.05) is 18.2 Å². The van der Waals surface area contributed by atoms with Crippen LogP contribution in [-0.2, 0) is 5.75 Å². The van der Waals surface area contributed by atoms with E-state index in [2.05, 4.69) is 12.6 Å². The number of rotatable bonds is 2. The van der Waals surface area contributed by atoms with Gasteiger partial charge in [-0.2, -0.15) is 12.6 Å². The van der Waals surface area contributed by atoms with E-state index in [4.69, 9.17) is 16.3 Å². The molecule has 60 valence electrons. The molecule has 0 N–H and O–H groups in total. The van der Waals surface area contributed by atoms with Crippen LogP contribution in [-0.4, -0.2) is 7.11 Å². The molecule has 0 unspecified atom stereocenters. The van der Waals surface area contributed by atoms with Gasteiger partial charge in [-0.15, -0.1) is 0 Å². The summed E-state index contributed by atoms with van der Waals surface area (Å²) >= 11 is 10.0. The molecule has 1 nitrogen and oxygen atoms in total. The normalized spacial score (nSPS) is 9.73. The lowest BCUT2D eigenvalue weighted by atomic mass is 10.2. The largest absolute Gasteiger partial charge is 0.496 e. The topological polar surface area (TPSA) is 9.23 Å². The Hall–Kier alpha value is -0.340. The van der Waals surface area contributed by atoms with Crippen molar-refractivity contribution in [1.29, 1.82) is 0 Å². The minimum absolute atomic E-state index is 0.600. The lowest BCUT2D eigenvalue weighted by Crippen LogP contribution is -1.89. The molecule has 0 aliphatic heterocycles. The highest BCUT2D eigenvalue weighted by molar-refractivity contribution is 7.79. The molecule has 1 aromatic rings. The van der Waals surface area contributed by atoms with E-state index in [9.17, 15) is 0 Å². The highest BCUT2D eigenvalue weighted by atomic mass is 35.5. The van der Waals surface area contributed by atoms with Gasteiger partial charge < -0.3 is 4.74 Å². The Morgan fingerprint density at radius 1 is 1.55 bits per heavy atom. The van der Waals surface area contributed by atoms with Gasteiger partial charge in [-0.25, -0.2) is 0 Å². The molecule has 1 aromatic carbocycles. The maximum atomic E-state index is 5.88. The third-order valence-electron chi connectivity index (χ3n) is 1.45. The van der Waals surface area contributed by atoms with Crippen LogP contribution in [0.5, 0.6) is 5.75 Å². The molecule has 0 fully saturated rings. The first kappa shape index (κ1) is 8.75. The lowest BCUT2D eigenvalue weighted by Gasteiger charge is -2.06. The fourth-order valence-electron chi connectivity index (χ4n) is 0.884. The zero-order chi connectivity index (χ0) is 8.27. The Morgan fingerprint density at radius 3 is 2.73 bits per heavy atom. The van der Waals surface area contributed by atoms with Crippen molar-refractivity contribution in [2.24, 2.45) is 0 Å². The number of methoxy groups -OCH3 is 1. The van der Waals surface area contributed by atoms with Crippen molar-refractivity contribution in [1.82, 2.24) is 0 Å². The molecule has 0 aromatic heterocycles. The number of thiol groups is 1. The van der Waals surface area contributed by atoms with Crippen molar-refractivity contribution in [2.45, 2.75) is 5.75 Å². The van der Waals surface area contributed by atoms with Gasteiger partial charge in [0.2, 0.25) is 0 Å². The van der Waals surface area contributed by atoms with Gasteiger partial charge in [0.1, 0.15) is 5.75 Å². The molecule has 0 saturated carbocycles. The quantitative estimate of drug-likeness (QED) is 0.703. The Bertz CT molecular complexity index is 250. The van der Waals surface area contributed by atoms with Crippen LogP contribution in [0.1, 0.15) is 5.56 Å². The molecule has 0 aliphatic rings. The SMILES string of the molecule is COc1cccc(Cl)c1CS. The number of hydrogen-bond donors (Lipinski definition) is 1. The molecule has 11 heavy (non-hydrogen) atoms. The number of halogens is 1. The molecule has 0 heterocycles. The summed E-state index contributed by atoms with van der Waals surface area (Å²) in [6, 6.07) is 5.56. The van der Waals surface area contributed by atoms with Gasteiger partial charge in [0.25, 0.3) is 0 Å². The van der Waals surface area contributed by atoms with Gasteiger partial charge in [0, 0.05) is 16.3 Å². The van der Waals surface area contributed by atoms with Crippen LogP contribution in [0.15, 0.2) is 18.2 Å². The van der Waals surface area contributed by atoms with Crippen LogP contribution >= 0.6 is 24.2 Å². The van der Waals surface area contributed by atoms with Gasteiger partial charge in [-0.05, 0) is 12.1 Å². The molecule has 1 rings (SSSR count). The molecule has 0 bridgehead atoms. The summed E-state index contributed by atoms with van der Waals surface area (Å²) in [7, 11) is 1.62. The third-order valence-corrected chi connectivity index (χ3v) is 2.12. The Morgan fingerprint density at radius 2 is 2.27 bits per heavy atom. The summed E-state index contributed by atoms with van der Waals surface area (Å²) in [5, 5.41) is 0.708. The lowest BCUT2D eigenvalue weighted by molar-refractivity contribution is 0.411. The van der Waals surface area contributed by atoms with Crippen LogP contribution in [0.25, 0.3) is 0 Å². The van der Waals surface area contributed by atoms with Crippen LogP contribution in [0.3, 0.4) is 0 Å². The first-order chi connectivity index (χ1) is 5.29. The van der Waals surface area contributed by atoms with E-state index < -0.39 is 0 Å². The second-order valence-corrected chi connectivity index (χ2v) is 2.80. The van der Waals surface area contributed by atoms with Crippen molar-refractivity contribution in [3.05, 3.63) is 28.8 Å². The predicted octanol–water partition coefficient (Wildman–Crippen LogP) is 2.78. The van der Waals surface area contributed by atoms with Gasteiger partial charge in [0.05, 0.1) is 7.11 Å². The van der Waals surface area contributed by atoms with Gasteiger partial charge in [-0.1, -0.05) is 17.7 Å². The second-order valence-electron chi connectivity index (χ2n) is 2.08. The van der Waals surface area contributed by atoms with Crippen molar-refractivity contribution < 1.29 is 4.74 Å². The summed E-state index contributed by atoms with van der Waals surface area (Å²) in [4.78, 5) is 0. The molecule has 0 radical (unpaired) electrons. The highest BCUT2D eigenvalue weighted by Crippen LogP contribution is 2.27. The average Bonchev–Trinajstić information content (AvgIpc) is 2.04. The number of hydrogen-bond acceptors (Lipinski definition) is 2. The molecule has 0 amide bonds. The van der Waals surface area contributed by atoms with E-state index in [0.29, 0.717) is 10.8 Å². The fraction of sp³-hybridized carbons (Fsp3) is 0.250. The van der Waals surface area contributed by atoms with Crippen molar-refractivity contribution in [2.75, 3.05) is 7.11 Å². The van der Waals surface area contributed by atoms with Crippen molar-refractivity contribution in [3.63, 3.8) is 0 Å². The predicted molar refractivity (Wildman–Crippen MR) is 50.7 cm³/mol. The molecule has 0 saturated heterocycles. The molecular weight excluding hydrogens is 180 g/mol.